The lowest BCUT2D eigenvalue weighted by Gasteiger charge is -2.05. The molecule has 3 N–H and O–H groups in total. The van der Waals surface area contributed by atoms with Gasteiger partial charge >= 0.3 is 0 Å². The number of anilines is 1. The minimum absolute atomic E-state index is 0.0452. The third-order valence-electron chi connectivity index (χ3n) is 4.57. The molecule has 0 amide bonds. The highest BCUT2D eigenvalue weighted by Gasteiger charge is 2.25. The van der Waals surface area contributed by atoms with Crippen molar-refractivity contribution in [2.24, 2.45) is 0 Å². The second-order valence-corrected chi connectivity index (χ2v) is 6.59. The van der Waals surface area contributed by atoms with Crippen LogP contribution in [0.5, 0.6) is 0 Å². The Morgan fingerprint density at radius 1 is 1.21 bits per heavy atom. The van der Waals surface area contributed by atoms with Crippen molar-refractivity contribution >= 4 is 16.7 Å². The van der Waals surface area contributed by atoms with E-state index in [0.29, 0.717) is 18.2 Å². The molecule has 1 aliphatic carbocycles. The molecule has 24 heavy (non-hydrogen) atoms. The van der Waals surface area contributed by atoms with E-state index in [1.807, 2.05) is 0 Å². The number of aryl methyl sites for hydroxylation is 2. The van der Waals surface area contributed by atoms with Crippen LogP contribution in [0.3, 0.4) is 0 Å². The number of rotatable bonds is 6. The van der Waals surface area contributed by atoms with E-state index in [0.717, 1.165) is 36.0 Å². The zero-order valence-corrected chi connectivity index (χ0v) is 13.5. The van der Waals surface area contributed by atoms with Crippen molar-refractivity contribution in [2.45, 2.75) is 44.6 Å². The minimum Gasteiger partial charge on any atom is -0.399 e. The number of aromatic amines is 1. The maximum Gasteiger partial charge on any atom is 0.252 e. The summed E-state index contributed by atoms with van der Waals surface area (Å²) in [6.45, 7) is 0.699. The van der Waals surface area contributed by atoms with Gasteiger partial charge in [0, 0.05) is 35.6 Å². The van der Waals surface area contributed by atoms with Gasteiger partial charge in [-0.2, -0.15) is 5.10 Å². The van der Waals surface area contributed by atoms with Crippen LogP contribution >= 0.6 is 0 Å². The summed E-state index contributed by atoms with van der Waals surface area (Å²) in [4.78, 5) is 15.1. The standard InChI is InChI=1S/C18H21N5O/c19-14-6-8-23(17(24)11-14)7-2-1-3-15-9-13-10-16(12-4-5-12)20-18(13)22-21-15/h6,8-12H,1-5,7,19H2,(H,20,22). The number of nitrogens with two attached hydrogens (primary N) is 1. The van der Waals surface area contributed by atoms with Crippen molar-refractivity contribution in [3.05, 3.63) is 52.2 Å². The summed E-state index contributed by atoms with van der Waals surface area (Å²) in [5, 5.41) is 9.76. The zero-order chi connectivity index (χ0) is 16.5. The molecule has 0 aromatic carbocycles. The van der Waals surface area contributed by atoms with Crippen LogP contribution in [0, 0.1) is 0 Å². The molecule has 3 heterocycles. The molecule has 1 aliphatic rings. The molecule has 4 rings (SSSR count). The second kappa shape index (κ2) is 6.11. The molecule has 3 aromatic heterocycles. The molecule has 6 nitrogen and oxygen atoms in total. The molecule has 124 valence electrons. The predicted molar refractivity (Wildman–Crippen MR) is 93.9 cm³/mol. The lowest BCUT2D eigenvalue weighted by Crippen LogP contribution is -2.19. The van der Waals surface area contributed by atoms with Crippen LogP contribution in [-0.4, -0.2) is 19.7 Å². The topological polar surface area (TPSA) is 89.6 Å². The van der Waals surface area contributed by atoms with Crippen LogP contribution in [-0.2, 0) is 13.0 Å². The third-order valence-corrected chi connectivity index (χ3v) is 4.57. The predicted octanol–water partition coefficient (Wildman–Crippen LogP) is 2.60. The first-order valence-electron chi connectivity index (χ1n) is 8.50. The molecule has 3 aromatic rings. The quantitative estimate of drug-likeness (QED) is 0.682. The number of unbranched alkanes of at least 4 members (excludes halogenated alkanes) is 1. The summed E-state index contributed by atoms with van der Waals surface area (Å²) >= 11 is 0. The molecular weight excluding hydrogens is 302 g/mol. The Kier molecular flexibility index (Phi) is 3.80. The average Bonchev–Trinajstić information content (AvgIpc) is 3.33. The Morgan fingerprint density at radius 2 is 2.08 bits per heavy atom. The number of H-pyrrole nitrogens is 1. The van der Waals surface area contributed by atoms with Crippen LogP contribution in [0.4, 0.5) is 5.69 Å². The summed E-state index contributed by atoms with van der Waals surface area (Å²) in [6, 6.07) is 7.55. The van der Waals surface area contributed by atoms with Gasteiger partial charge in [0.15, 0.2) is 5.65 Å². The van der Waals surface area contributed by atoms with Crippen molar-refractivity contribution in [3.63, 3.8) is 0 Å². The number of nitrogen functional groups attached to an aromatic ring is 1. The molecule has 0 bridgehead atoms. The molecule has 0 aliphatic heterocycles. The van der Waals surface area contributed by atoms with Crippen molar-refractivity contribution in [1.82, 2.24) is 19.7 Å². The molecule has 0 atom stereocenters. The van der Waals surface area contributed by atoms with Crippen molar-refractivity contribution in [1.29, 1.82) is 0 Å². The summed E-state index contributed by atoms with van der Waals surface area (Å²) in [6.07, 6.45) is 7.06. The van der Waals surface area contributed by atoms with E-state index in [2.05, 4.69) is 27.3 Å². The van der Waals surface area contributed by atoms with Crippen molar-refractivity contribution < 1.29 is 0 Å². The number of fused-ring (bicyclic) bond motifs is 1. The number of nitrogens with zero attached hydrogens (tertiary/aromatic N) is 3. The second-order valence-electron chi connectivity index (χ2n) is 6.59. The number of aromatic nitrogens is 4. The Balaban J connectivity index is 1.35. The molecule has 0 radical (unpaired) electrons. The van der Waals surface area contributed by atoms with Crippen LogP contribution in [0.2, 0.25) is 0 Å². The summed E-state index contributed by atoms with van der Waals surface area (Å²) in [7, 11) is 0. The number of hydrogen-bond acceptors (Lipinski definition) is 4. The SMILES string of the molecule is Nc1ccn(CCCCc2cc3cc(C4CC4)[nH]c3nn2)c(=O)c1. The summed E-state index contributed by atoms with van der Waals surface area (Å²) in [5.74, 6) is 0.695. The van der Waals surface area contributed by atoms with E-state index in [9.17, 15) is 4.79 Å². The van der Waals surface area contributed by atoms with Crippen LogP contribution < -0.4 is 11.3 Å². The normalized spacial score (nSPS) is 14.3. The van der Waals surface area contributed by atoms with Gasteiger partial charge < -0.3 is 15.3 Å². The Labute approximate surface area is 139 Å². The maximum absolute atomic E-state index is 11.8. The largest absolute Gasteiger partial charge is 0.399 e. The third kappa shape index (κ3) is 3.18. The van der Waals surface area contributed by atoms with Crippen molar-refractivity contribution in [2.75, 3.05) is 5.73 Å². The Bertz CT molecular complexity index is 923. The molecule has 0 saturated heterocycles. The smallest absolute Gasteiger partial charge is 0.252 e. The van der Waals surface area contributed by atoms with E-state index >= 15 is 0 Å². The van der Waals surface area contributed by atoms with Crippen LogP contribution in [0.25, 0.3) is 11.0 Å². The van der Waals surface area contributed by atoms with Gasteiger partial charge in [0.05, 0.1) is 5.69 Å². The van der Waals surface area contributed by atoms with E-state index in [4.69, 9.17) is 5.73 Å². The lowest BCUT2D eigenvalue weighted by atomic mass is 10.1. The first-order chi connectivity index (χ1) is 11.7. The van der Waals surface area contributed by atoms with Gasteiger partial charge in [-0.25, -0.2) is 0 Å². The highest BCUT2D eigenvalue weighted by molar-refractivity contribution is 5.76. The Morgan fingerprint density at radius 3 is 2.88 bits per heavy atom. The van der Waals surface area contributed by atoms with Crippen molar-refractivity contribution in [3.8, 4) is 0 Å². The van der Waals surface area contributed by atoms with E-state index in [-0.39, 0.29) is 5.56 Å². The maximum atomic E-state index is 11.8. The monoisotopic (exact) mass is 323 g/mol. The molecule has 6 heteroatoms. The fraction of sp³-hybridized carbons (Fsp3) is 0.389. The molecular formula is C18H21N5O. The fourth-order valence-corrected chi connectivity index (χ4v) is 3.03. The first-order valence-corrected chi connectivity index (χ1v) is 8.50. The number of pyridine rings is 1. The van der Waals surface area contributed by atoms with Gasteiger partial charge in [0.2, 0.25) is 0 Å². The first kappa shape index (κ1) is 14.9. The van der Waals surface area contributed by atoms with Gasteiger partial charge in [0.1, 0.15) is 0 Å². The van der Waals surface area contributed by atoms with Gasteiger partial charge in [-0.1, -0.05) is 0 Å². The minimum atomic E-state index is -0.0452. The van der Waals surface area contributed by atoms with E-state index < -0.39 is 0 Å². The van der Waals surface area contributed by atoms with Gasteiger partial charge in [-0.15, -0.1) is 5.10 Å². The highest BCUT2D eigenvalue weighted by atomic mass is 16.1. The molecule has 1 fully saturated rings. The van der Waals surface area contributed by atoms with Crippen LogP contribution in [0.1, 0.15) is 43.0 Å². The Hall–Kier alpha value is -2.63. The average molecular weight is 323 g/mol. The summed E-state index contributed by atoms with van der Waals surface area (Å²) < 4.78 is 1.69. The van der Waals surface area contributed by atoms with E-state index in [1.54, 1.807) is 16.8 Å². The number of nitrogens with one attached hydrogen (secondary N) is 1. The fourth-order valence-electron chi connectivity index (χ4n) is 3.03. The number of hydrogen-bond donors (Lipinski definition) is 2. The van der Waals surface area contributed by atoms with Gasteiger partial charge in [-0.3, -0.25) is 4.79 Å². The lowest BCUT2D eigenvalue weighted by molar-refractivity contribution is 0.589. The van der Waals surface area contributed by atoms with Gasteiger partial charge in [0.25, 0.3) is 5.56 Å². The summed E-state index contributed by atoms with van der Waals surface area (Å²) in [5.41, 5.74) is 9.24. The van der Waals surface area contributed by atoms with E-state index in [1.165, 1.54) is 24.6 Å². The molecule has 1 saturated carbocycles. The van der Waals surface area contributed by atoms with Crippen LogP contribution in [0.15, 0.2) is 35.3 Å². The van der Waals surface area contributed by atoms with Gasteiger partial charge in [-0.05, 0) is 56.2 Å². The highest BCUT2D eigenvalue weighted by Crippen LogP contribution is 2.40. The zero-order valence-electron chi connectivity index (χ0n) is 13.5. The molecule has 0 unspecified atom stereocenters. The molecule has 0 spiro atoms.